The number of alkyl halides is 3. The number of sulfonamides is 1. The first-order chi connectivity index (χ1) is 19.1. The van der Waals surface area contributed by atoms with Gasteiger partial charge in [0.2, 0.25) is 15.9 Å². The third-order valence-corrected chi connectivity index (χ3v) is 12.6. The zero-order valence-electron chi connectivity index (χ0n) is 22.7. The number of carbonyl (C=O) groups is 1. The van der Waals surface area contributed by atoms with Crippen LogP contribution in [0.25, 0.3) is 0 Å². The Morgan fingerprint density at radius 2 is 1.63 bits per heavy atom. The molecule has 1 atom stereocenters. The fraction of sp³-hybridized carbons (Fsp3) is 0.500. The zero-order chi connectivity index (χ0) is 30.2. The van der Waals surface area contributed by atoms with Crippen molar-refractivity contribution in [1.82, 2.24) is 9.62 Å². The molecular formula is C28H32F3N3O5S2. The average molecular weight is 612 g/mol. The molecule has 1 heterocycles. The van der Waals surface area contributed by atoms with Crippen LogP contribution in [-0.4, -0.2) is 56.8 Å². The maximum absolute atomic E-state index is 13.6. The summed E-state index contributed by atoms with van der Waals surface area (Å²) in [5, 5.41) is 8.51. The van der Waals surface area contributed by atoms with Crippen molar-refractivity contribution < 1.29 is 34.8 Å². The van der Waals surface area contributed by atoms with E-state index in [2.05, 4.69) is 4.72 Å². The maximum Gasteiger partial charge on any atom is 0.416 e. The zero-order valence-corrected chi connectivity index (χ0v) is 24.3. The fourth-order valence-corrected chi connectivity index (χ4v) is 8.53. The van der Waals surface area contributed by atoms with Gasteiger partial charge in [0.25, 0.3) is 0 Å². The lowest BCUT2D eigenvalue weighted by Gasteiger charge is -2.41. The molecule has 1 aliphatic heterocycles. The molecule has 2 aliphatic rings. The van der Waals surface area contributed by atoms with E-state index < -0.39 is 64.4 Å². The number of benzene rings is 2. The minimum atomic E-state index is -4.68. The van der Waals surface area contributed by atoms with Gasteiger partial charge in [-0.25, -0.2) is 21.6 Å². The van der Waals surface area contributed by atoms with Crippen LogP contribution in [0.2, 0.25) is 0 Å². The molecule has 1 saturated carbocycles. The molecule has 222 valence electrons. The first-order valence-corrected chi connectivity index (χ1v) is 16.3. The second-order valence-electron chi connectivity index (χ2n) is 11.2. The highest BCUT2D eigenvalue weighted by Gasteiger charge is 2.46. The highest BCUT2D eigenvalue weighted by atomic mass is 32.2. The predicted molar refractivity (Wildman–Crippen MR) is 146 cm³/mol. The molecule has 1 aliphatic carbocycles. The molecule has 1 N–H and O–H groups in total. The Bertz CT molecular complexity index is 1540. The van der Waals surface area contributed by atoms with Crippen LogP contribution < -0.4 is 4.72 Å². The Kier molecular flexibility index (Phi) is 8.60. The van der Waals surface area contributed by atoms with Gasteiger partial charge in [0.1, 0.15) is 6.04 Å². The number of nitrogens with one attached hydrogen (secondary N) is 1. The monoisotopic (exact) mass is 611 g/mol. The molecule has 2 fully saturated rings. The Hall–Kier alpha value is -2.95. The molecular weight excluding hydrogens is 579 g/mol. The van der Waals surface area contributed by atoms with Gasteiger partial charge in [-0.3, -0.25) is 4.79 Å². The van der Waals surface area contributed by atoms with E-state index in [-0.39, 0.29) is 32.4 Å². The minimum absolute atomic E-state index is 0.0752. The Labute approximate surface area is 238 Å². The molecule has 8 nitrogen and oxygen atoms in total. The van der Waals surface area contributed by atoms with Crippen LogP contribution in [0.3, 0.4) is 0 Å². The van der Waals surface area contributed by atoms with E-state index in [1.54, 1.807) is 24.3 Å². The number of sulfone groups is 1. The predicted octanol–water partition coefficient (Wildman–Crippen LogP) is 4.06. The molecule has 0 aromatic heterocycles. The first-order valence-electron chi connectivity index (χ1n) is 13.3. The van der Waals surface area contributed by atoms with Crippen LogP contribution in [0.1, 0.15) is 56.2 Å². The lowest BCUT2D eigenvalue weighted by molar-refractivity contribution is -0.137. The molecule has 2 aromatic rings. The largest absolute Gasteiger partial charge is 0.416 e. The van der Waals surface area contributed by atoms with Crippen LogP contribution in [-0.2, 0) is 37.3 Å². The SMILES string of the molecule is CC(C)(C1CCN(C(=O)[C@H](Cc2ccc(C#N)cc2)NS(=O)(=O)C2CC2)CC1)S(=O)(=O)c1cccc(C(F)(F)F)c1. The molecule has 1 amide bonds. The second-order valence-corrected chi connectivity index (χ2v) is 15.7. The number of halogens is 3. The summed E-state index contributed by atoms with van der Waals surface area (Å²) in [6.07, 6.45) is -3.02. The molecule has 2 aromatic carbocycles. The first kappa shape index (κ1) is 31.0. The molecule has 41 heavy (non-hydrogen) atoms. The third kappa shape index (κ3) is 6.76. The number of nitriles is 1. The van der Waals surface area contributed by atoms with Gasteiger partial charge in [0, 0.05) is 13.1 Å². The molecule has 0 unspecified atom stereocenters. The van der Waals surface area contributed by atoms with Gasteiger partial charge in [-0.1, -0.05) is 18.2 Å². The molecule has 0 spiro atoms. The van der Waals surface area contributed by atoms with Gasteiger partial charge < -0.3 is 4.90 Å². The fourth-order valence-electron chi connectivity index (χ4n) is 5.18. The highest BCUT2D eigenvalue weighted by Crippen LogP contribution is 2.39. The summed E-state index contributed by atoms with van der Waals surface area (Å²) in [4.78, 5) is 14.7. The van der Waals surface area contributed by atoms with Crippen molar-refractivity contribution in [3.8, 4) is 6.07 Å². The van der Waals surface area contributed by atoms with Crippen LogP contribution in [0, 0.1) is 17.2 Å². The van der Waals surface area contributed by atoms with Crippen LogP contribution in [0.5, 0.6) is 0 Å². The molecule has 0 bridgehead atoms. The van der Waals surface area contributed by atoms with Crippen LogP contribution in [0.15, 0.2) is 53.4 Å². The summed E-state index contributed by atoms with van der Waals surface area (Å²) in [5.74, 6) is -0.887. The van der Waals surface area contributed by atoms with Crippen LogP contribution >= 0.6 is 0 Å². The molecule has 4 rings (SSSR count). The number of hydrogen-bond donors (Lipinski definition) is 1. The number of rotatable bonds is 9. The van der Waals surface area contributed by atoms with Gasteiger partial charge in [-0.2, -0.15) is 18.4 Å². The van der Waals surface area contributed by atoms with E-state index in [1.165, 1.54) is 18.7 Å². The Morgan fingerprint density at radius 1 is 1.02 bits per heavy atom. The second kappa shape index (κ2) is 11.4. The summed E-state index contributed by atoms with van der Waals surface area (Å²) in [6, 6.07) is 11.1. The van der Waals surface area contributed by atoms with Gasteiger partial charge in [-0.15, -0.1) is 0 Å². The highest BCUT2D eigenvalue weighted by molar-refractivity contribution is 7.92. The van der Waals surface area contributed by atoms with Crippen molar-refractivity contribution in [3.05, 3.63) is 65.2 Å². The molecule has 1 saturated heterocycles. The van der Waals surface area contributed by atoms with Crippen molar-refractivity contribution in [2.75, 3.05) is 13.1 Å². The quantitative estimate of drug-likeness (QED) is 0.456. The molecule has 13 heteroatoms. The van der Waals surface area contributed by atoms with Crippen LogP contribution in [0.4, 0.5) is 13.2 Å². The van der Waals surface area contributed by atoms with Gasteiger partial charge >= 0.3 is 6.18 Å². The smallest absolute Gasteiger partial charge is 0.341 e. The minimum Gasteiger partial charge on any atom is -0.341 e. The van der Waals surface area contributed by atoms with Crippen molar-refractivity contribution in [1.29, 1.82) is 5.26 Å². The van der Waals surface area contributed by atoms with Gasteiger partial charge in [-0.05, 0) is 87.8 Å². The maximum atomic E-state index is 13.6. The lowest BCUT2D eigenvalue weighted by Crippen LogP contribution is -2.54. The topological polar surface area (TPSA) is 124 Å². The summed E-state index contributed by atoms with van der Waals surface area (Å²) >= 11 is 0. The van der Waals surface area contributed by atoms with Crippen molar-refractivity contribution >= 4 is 25.8 Å². The summed E-state index contributed by atoms with van der Waals surface area (Å²) in [5.41, 5.74) is 0.0563. The number of piperidine rings is 1. The summed E-state index contributed by atoms with van der Waals surface area (Å²) < 4.78 is 93.3. The van der Waals surface area contributed by atoms with Gasteiger partial charge in [0.15, 0.2) is 9.84 Å². The van der Waals surface area contributed by atoms with E-state index in [4.69, 9.17) is 5.26 Å². The van der Waals surface area contributed by atoms with E-state index >= 15 is 0 Å². The number of hydrogen-bond acceptors (Lipinski definition) is 6. The number of amides is 1. The molecule has 0 radical (unpaired) electrons. The van der Waals surface area contributed by atoms with Crippen molar-refractivity contribution in [2.45, 2.75) is 73.1 Å². The number of likely N-dealkylation sites (tertiary alicyclic amines) is 1. The van der Waals surface area contributed by atoms with Gasteiger partial charge in [0.05, 0.1) is 32.1 Å². The number of carbonyl (C=O) groups excluding carboxylic acids is 1. The Balaban J connectivity index is 1.49. The van der Waals surface area contributed by atoms with E-state index in [1.807, 2.05) is 6.07 Å². The Morgan fingerprint density at radius 3 is 2.17 bits per heavy atom. The standard InChI is InChI=1S/C28H32F3N3O5S2/c1-27(2,40(36,37)24-5-3-4-22(17-24)28(29,30)31)21-12-14-34(15-13-21)26(35)25(33-41(38,39)23-10-11-23)16-19-6-8-20(18-32)9-7-19/h3-9,17,21,23,25,33H,10-16H2,1-2H3/t25-/m0/s1. The van der Waals surface area contributed by atoms with E-state index in [0.717, 1.165) is 18.2 Å². The van der Waals surface area contributed by atoms with E-state index in [0.29, 0.717) is 30.0 Å². The summed E-state index contributed by atoms with van der Waals surface area (Å²) in [7, 11) is -7.88. The summed E-state index contributed by atoms with van der Waals surface area (Å²) in [6.45, 7) is 3.31. The third-order valence-electron chi connectivity index (χ3n) is 8.04. The lowest BCUT2D eigenvalue weighted by atomic mass is 9.85. The van der Waals surface area contributed by atoms with Crippen molar-refractivity contribution in [3.63, 3.8) is 0 Å². The normalized spacial score (nSPS) is 18.1. The average Bonchev–Trinajstić information content (AvgIpc) is 3.79. The van der Waals surface area contributed by atoms with Crippen molar-refractivity contribution in [2.24, 2.45) is 5.92 Å². The number of nitrogens with zero attached hydrogens (tertiary/aromatic N) is 2. The van der Waals surface area contributed by atoms with E-state index in [9.17, 15) is 34.8 Å².